The zero-order valence-corrected chi connectivity index (χ0v) is 15.5. The summed E-state index contributed by atoms with van der Waals surface area (Å²) < 4.78 is 10.7. The molecule has 4 aromatic rings. The van der Waals surface area contributed by atoms with Crippen molar-refractivity contribution in [2.45, 2.75) is 0 Å². The number of carbonyl (C=O) groups is 1. The van der Waals surface area contributed by atoms with Crippen LogP contribution in [0.2, 0.25) is 0 Å². The van der Waals surface area contributed by atoms with Crippen molar-refractivity contribution in [2.24, 2.45) is 0 Å². The van der Waals surface area contributed by atoms with E-state index < -0.39 is 0 Å². The molecule has 2 heterocycles. The van der Waals surface area contributed by atoms with Crippen molar-refractivity contribution < 1.29 is 14.3 Å². The molecule has 0 unspecified atom stereocenters. The Morgan fingerprint density at radius 3 is 2.34 bits per heavy atom. The summed E-state index contributed by atoms with van der Waals surface area (Å²) in [5.41, 5.74) is 2.53. The van der Waals surface area contributed by atoms with Gasteiger partial charge in [-0.3, -0.25) is 9.89 Å². The van der Waals surface area contributed by atoms with E-state index in [1.165, 1.54) is 6.20 Å². The van der Waals surface area contributed by atoms with Crippen molar-refractivity contribution in [1.82, 2.24) is 20.2 Å². The third kappa shape index (κ3) is 4.22. The van der Waals surface area contributed by atoms with Gasteiger partial charge in [-0.05, 0) is 54.6 Å². The molecule has 0 aliphatic rings. The summed E-state index contributed by atoms with van der Waals surface area (Å²) in [6.45, 7) is 0. The summed E-state index contributed by atoms with van der Waals surface area (Å²) in [6, 6.07) is 16.3. The van der Waals surface area contributed by atoms with Crippen molar-refractivity contribution in [2.75, 3.05) is 12.4 Å². The Morgan fingerprint density at radius 1 is 0.966 bits per heavy atom. The summed E-state index contributed by atoms with van der Waals surface area (Å²) in [7, 11) is 1.60. The highest BCUT2D eigenvalue weighted by atomic mass is 16.5. The van der Waals surface area contributed by atoms with Crippen LogP contribution in [0.4, 0.5) is 5.69 Å². The van der Waals surface area contributed by atoms with Gasteiger partial charge in [0.05, 0.1) is 24.6 Å². The minimum absolute atomic E-state index is 0.256. The minimum atomic E-state index is -0.273. The van der Waals surface area contributed by atoms with Gasteiger partial charge in [-0.25, -0.2) is 9.97 Å². The SMILES string of the molecule is COc1ccc(-c2[nH]ncc2C(=O)Nc2ccc(Oc3ncccn3)cc2)cc1. The number of aromatic amines is 1. The van der Waals surface area contributed by atoms with Gasteiger partial charge in [0.15, 0.2) is 0 Å². The fourth-order valence-electron chi connectivity index (χ4n) is 2.68. The maximum absolute atomic E-state index is 12.7. The Hall–Kier alpha value is -4.20. The normalized spacial score (nSPS) is 10.4. The molecule has 2 N–H and O–H groups in total. The molecule has 4 rings (SSSR count). The van der Waals surface area contributed by atoms with Crippen LogP contribution in [-0.4, -0.2) is 33.2 Å². The topological polar surface area (TPSA) is 102 Å². The largest absolute Gasteiger partial charge is 0.497 e. The summed E-state index contributed by atoms with van der Waals surface area (Å²) in [5.74, 6) is 1.03. The Kier molecular flexibility index (Phi) is 5.15. The summed E-state index contributed by atoms with van der Waals surface area (Å²) in [5, 5.41) is 9.75. The third-order valence-corrected chi connectivity index (χ3v) is 4.13. The van der Waals surface area contributed by atoms with Gasteiger partial charge in [-0.2, -0.15) is 5.10 Å². The maximum Gasteiger partial charge on any atom is 0.321 e. The van der Waals surface area contributed by atoms with Gasteiger partial charge in [0.2, 0.25) is 0 Å². The first-order chi connectivity index (χ1) is 14.2. The number of benzene rings is 2. The molecule has 0 atom stereocenters. The van der Waals surface area contributed by atoms with Crippen LogP contribution in [0.25, 0.3) is 11.3 Å². The molecule has 2 aromatic heterocycles. The highest BCUT2D eigenvalue weighted by Crippen LogP contribution is 2.25. The van der Waals surface area contributed by atoms with Crippen LogP contribution in [0.5, 0.6) is 17.5 Å². The van der Waals surface area contributed by atoms with Crippen LogP contribution in [0.15, 0.2) is 73.2 Å². The lowest BCUT2D eigenvalue weighted by atomic mass is 10.1. The molecule has 2 aromatic carbocycles. The van der Waals surface area contributed by atoms with Crippen LogP contribution in [0.3, 0.4) is 0 Å². The van der Waals surface area contributed by atoms with Gasteiger partial charge in [0, 0.05) is 23.6 Å². The number of ether oxygens (including phenoxy) is 2. The van der Waals surface area contributed by atoms with Gasteiger partial charge in [0.1, 0.15) is 11.5 Å². The zero-order chi connectivity index (χ0) is 20.1. The van der Waals surface area contributed by atoms with Gasteiger partial charge < -0.3 is 14.8 Å². The monoisotopic (exact) mass is 387 g/mol. The van der Waals surface area contributed by atoms with Crippen LogP contribution < -0.4 is 14.8 Å². The summed E-state index contributed by atoms with van der Waals surface area (Å²) >= 11 is 0. The number of hydrogen-bond acceptors (Lipinski definition) is 6. The van der Waals surface area contributed by atoms with E-state index in [1.54, 1.807) is 49.8 Å². The molecule has 0 saturated carbocycles. The molecular weight excluding hydrogens is 370 g/mol. The predicted octanol–water partition coefficient (Wildman–Crippen LogP) is 3.92. The number of anilines is 1. The number of nitrogens with one attached hydrogen (secondary N) is 2. The van der Waals surface area contributed by atoms with Gasteiger partial charge >= 0.3 is 6.01 Å². The number of amides is 1. The molecule has 0 radical (unpaired) electrons. The average Bonchev–Trinajstić information content (AvgIpc) is 3.26. The molecule has 0 aliphatic carbocycles. The van der Waals surface area contributed by atoms with E-state index in [2.05, 4.69) is 25.5 Å². The van der Waals surface area contributed by atoms with E-state index >= 15 is 0 Å². The quantitative estimate of drug-likeness (QED) is 0.520. The Bertz CT molecular complexity index is 1090. The molecule has 8 heteroatoms. The fraction of sp³-hybridized carbons (Fsp3) is 0.0476. The molecule has 0 aliphatic heterocycles. The lowest BCUT2D eigenvalue weighted by molar-refractivity contribution is 0.102. The van der Waals surface area contributed by atoms with Crippen molar-refractivity contribution >= 4 is 11.6 Å². The number of hydrogen-bond donors (Lipinski definition) is 2. The Balaban J connectivity index is 1.46. The highest BCUT2D eigenvalue weighted by molar-refractivity contribution is 6.08. The standard InChI is InChI=1S/C21H17N5O3/c1-28-16-7-3-14(4-8-16)19-18(13-24-26-19)20(27)25-15-5-9-17(10-6-15)29-21-22-11-2-12-23-21/h2-13H,1H3,(H,24,26)(H,25,27). The average molecular weight is 387 g/mol. The maximum atomic E-state index is 12.7. The molecule has 0 bridgehead atoms. The number of carbonyl (C=O) groups excluding carboxylic acids is 1. The zero-order valence-electron chi connectivity index (χ0n) is 15.5. The van der Waals surface area contributed by atoms with E-state index in [-0.39, 0.29) is 11.9 Å². The van der Waals surface area contributed by atoms with Crippen LogP contribution in [-0.2, 0) is 0 Å². The second kappa shape index (κ2) is 8.22. The number of rotatable bonds is 6. The molecular formula is C21H17N5O3. The van der Waals surface area contributed by atoms with Gasteiger partial charge in [0.25, 0.3) is 5.91 Å². The van der Waals surface area contributed by atoms with E-state index in [1.807, 2.05) is 24.3 Å². The number of methoxy groups -OCH3 is 1. The van der Waals surface area contributed by atoms with Crippen LogP contribution in [0.1, 0.15) is 10.4 Å². The number of nitrogens with zero attached hydrogens (tertiary/aromatic N) is 3. The Labute approximate surface area is 166 Å². The third-order valence-electron chi connectivity index (χ3n) is 4.13. The van der Waals surface area contributed by atoms with E-state index in [0.29, 0.717) is 22.7 Å². The summed E-state index contributed by atoms with van der Waals surface area (Å²) in [6.07, 6.45) is 4.70. The van der Waals surface area contributed by atoms with E-state index in [9.17, 15) is 4.79 Å². The minimum Gasteiger partial charge on any atom is -0.497 e. The lowest BCUT2D eigenvalue weighted by Gasteiger charge is -2.08. The van der Waals surface area contributed by atoms with Gasteiger partial charge in [-0.15, -0.1) is 0 Å². The number of aromatic nitrogens is 4. The molecule has 0 spiro atoms. The molecule has 8 nitrogen and oxygen atoms in total. The van der Waals surface area contributed by atoms with Crippen molar-refractivity contribution in [3.63, 3.8) is 0 Å². The predicted molar refractivity (Wildman–Crippen MR) is 107 cm³/mol. The first kappa shape index (κ1) is 18.2. The van der Waals surface area contributed by atoms with E-state index in [0.717, 1.165) is 11.3 Å². The highest BCUT2D eigenvalue weighted by Gasteiger charge is 2.15. The molecule has 1 amide bonds. The molecule has 144 valence electrons. The lowest BCUT2D eigenvalue weighted by Crippen LogP contribution is -2.12. The fourth-order valence-corrected chi connectivity index (χ4v) is 2.68. The van der Waals surface area contributed by atoms with Gasteiger partial charge in [-0.1, -0.05) is 0 Å². The first-order valence-electron chi connectivity index (χ1n) is 8.77. The molecule has 29 heavy (non-hydrogen) atoms. The second-order valence-electron chi connectivity index (χ2n) is 6.00. The first-order valence-corrected chi connectivity index (χ1v) is 8.77. The molecule has 0 fully saturated rings. The molecule has 0 saturated heterocycles. The van der Waals surface area contributed by atoms with Crippen LogP contribution >= 0.6 is 0 Å². The number of H-pyrrole nitrogens is 1. The van der Waals surface area contributed by atoms with Crippen molar-refractivity contribution in [3.8, 4) is 28.8 Å². The van der Waals surface area contributed by atoms with Crippen molar-refractivity contribution in [3.05, 3.63) is 78.8 Å². The Morgan fingerprint density at radius 2 is 1.66 bits per heavy atom. The van der Waals surface area contributed by atoms with E-state index in [4.69, 9.17) is 9.47 Å². The van der Waals surface area contributed by atoms with Crippen molar-refractivity contribution in [1.29, 1.82) is 0 Å². The summed E-state index contributed by atoms with van der Waals surface area (Å²) in [4.78, 5) is 20.7. The second-order valence-corrected chi connectivity index (χ2v) is 6.00. The smallest absolute Gasteiger partial charge is 0.321 e. The van der Waals surface area contributed by atoms with Crippen LogP contribution in [0, 0.1) is 0 Å².